The Hall–Kier alpha value is -3.38. The number of benzene rings is 2. The van der Waals surface area contributed by atoms with Crippen molar-refractivity contribution in [1.82, 2.24) is 19.4 Å². The lowest BCUT2D eigenvalue weighted by molar-refractivity contribution is -0.127. The molecule has 3 heterocycles. The molecule has 0 bridgehead atoms. The van der Waals surface area contributed by atoms with Crippen molar-refractivity contribution in [3.05, 3.63) is 72.1 Å². The maximum Gasteiger partial charge on any atom is 0.222 e. The summed E-state index contributed by atoms with van der Waals surface area (Å²) in [6.07, 6.45) is 6.19. The largest absolute Gasteiger partial charge is 0.369 e. The smallest absolute Gasteiger partial charge is 0.222 e. The molecule has 1 N–H and O–H groups in total. The molecule has 1 fully saturated rings. The number of anilines is 1. The Morgan fingerprint density at radius 1 is 1.06 bits per heavy atom. The zero-order valence-electron chi connectivity index (χ0n) is 17.7. The maximum atomic E-state index is 11.8. The van der Waals surface area contributed by atoms with E-state index in [1.54, 1.807) is 6.33 Å². The Morgan fingerprint density at radius 3 is 2.72 bits per heavy atom. The number of fused-ring (bicyclic) bond motifs is 1. The molecule has 7 heteroatoms. The van der Waals surface area contributed by atoms with Crippen LogP contribution in [0.1, 0.15) is 19.3 Å². The summed E-state index contributed by atoms with van der Waals surface area (Å²) in [6.45, 7) is 2.37. The fourth-order valence-corrected chi connectivity index (χ4v) is 4.46. The van der Waals surface area contributed by atoms with E-state index in [1.807, 2.05) is 47.4 Å². The minimum Gasteiger partial charge on any atom is -0.369 e. The number of hydrogen-bond acceptors (Lipinski definition) is 4. The van der Waals surface area contributed by atoms with E-state index in [2.05, 4.69) is 38.2 Å². The van der Waals surface area contributed by atoms with Gasteiger partial charge in [0.1, 0.15) is 12.1 Å². The molecule has 6 nitrogen and oxygen atoms in total. The second kappa shape index (κ2) is 9.01. The third kappa shape index (κ3) is 4.06. The van der Waals surface area contributed by atoms with Crippen molar-refractivity contribution in [3.8, 4) is 16.8 Å². The predicted molar refractivity (Wildman–Crippen MR) is 128 cm³/mol. The van der Waals surface area contributed by atoms with E-state index in [9.17, 15) is 4.79 Å². The highest BCUT2D eigenvalue weighted by Crippen LogP contribution is 2.35. The quantitative estimate of drug-likeness (QED) is 0.399. The molecule has 0 aliphatic carbocycles. The van der Waals surface area contributed by atoms with E-state index in [0.717, 1.165) is 66.1 Å². The van der Waals surface area contributed by atoms with Crippen LogP contribution < -0.4 is 5.32 Å². The molecule has 0 spiro atoms. The first kappa shape index (κ1) is 20.5. The number of nitrogens with zero attached hydrogens (tertiary/aromatic N) is 4. The molecule has 1 aliphatic heterocycles. The van der Waals surface area contributed by atoms with Gasteiger partial charge in [-0.2, -0.15) is 0 Å². The van der Waals surface area contributed by atoms with Crippen LogP contribution in [-0.2, 0) is 4.79 Å². The van der Waals surface area contributed by atoms with Gasteiger partial charge in [-0.25, -0.2) is 9.97 Å². The first-order valence-corrected chi connectivity index (χ1v) is 11.3. The Bertz CT molecular complexity index is 1250. The van der Waals surface area contributed by atoms with Crippen LogP contribution >= 0.6 is 11.6 Å². The monoisotopic (exact) mass is 445 g/mol. The third-order valence-electron chi connectivity index (χ3n) is 5.82. The number of halogens is 1. The molecule has 2 aromatic heterocycles. The van der Waals surface area contributed by atoms with Crippen LogP contribution in [0.3, 0.4) is 0 Å². The highest BCUT2D eigenvalue weighted by Gasteiger charge is 2.20. The van der Waals surface area contributed by atoms with Crippen molar-refractivity contribution in [2.75, 3.05) is 25.0 Å². The molecule has 0 radical (unpaired) electrons. The molecule has 0 atom stereocenters. The van der Waals surface area contributed by atoms with Gasteiger partial charge in [0.05, 0.1) is 5.39 Å². The summed E-state index contributed by atoms with van der Waals surface area (Å²) in [5, 5.41) is 5.13. The van der Waals surface area contributed by atoms with Crippen LogP contribution in [0.5, 0.6) is 0 Å². The van der Waals surface area contributed by atoms with Gasteiger partial charge in [0.2, 0.25) is 5.91 Å². The lowest BCUT2D eigenvalue weighted by Crippen LogP contribution is -2.27. The minimum atomic E-state index is 0.263. The standard InChI is InChI=1S/C25H24ClN5O/c26-19-9-4-10-20(15-19)31-16-21(18-7-2-1-3-8-18)23-24(28-17-29-25(23)31)27-12-6-14-30-13-5-11-22(30)32/h1-4,7-10,15-17H,5-6,11-14H2,(H,27,28,29). The minimum absolute atomic E-state index is 0.263. The number of hydrogen-bond donors (Lipinski definition) is 1. The average molecular weight is 446 g/mol. The van der Waals surface area contributed by atoms with E-state index in [-0.39, 0.29) is 5.91 Å². The number of carbonyl (C=O) groups excluding carboxylic acids is 1. The molecule has 32 heavy (non-hydrogen) atoms. The highest BCUT2D eigenvalue weighted by molar-refractivity contribution is 6.30. The van der Waals surface area contributed by atoms with E-state index in [4.69, 9.17) is 11.6 Å². The summed E-state index contributed by atoms with van der Waals surface area (Å²) in [5.41, 5.74) is 3.91. The van der Waals surface area contributed by atoms with Crippen molar-refractivity contribution < 1.29 is 4.79 Å². The fourth-order valence-electron chi connectivity index (χ4n) is 4.27. The van der Waals surface area contributed by atoms with Crippen LogP contribution in [0.25, 0.3) is 27.8 Å². The Kier molecular flexibility index (Phi) is 5.77. The summed E-state index contributed by atoms with van der Waals surface area (Å²) >= 11 is 6.26. The van der Waals surface area contributed by atoms with Gasteiger partial charge < -0.3 is 14.8 Å². The van der Waals surface area contributed by atoms with Crippen molar-refractivity contribution in [2.24, 2.45) is 0 Å². The summed E-state index contributed by atoms with van der Waals surface area (Å²) in [4.78, 5) is 23.0. The molecule has 0 unspecified atom stereocenters. The molecular weight excluding hydrogens is 422 g/mol. The summed E-state index contributed by atoms with van der Waals surface area (Å²) < 4.78 is 2.05. The van der Waals surface area contributed by atoms with Gasteiger partial charge in [-0.05, 0) is 36.6 Å². The predicted octanol–water partition coefficient (Wildman–Crippen LogP) is 5.17. The van der Waals surface area contributed by atoms with Crippen molar-refractivity contribution in [1.29, 1.82) is 0 Å². The molecule has 1 amide bonds. The van der Waals surface area contributed by atoms with Gasteiger partial charge in [0, 0.05) is 48.5 Å². The highest BCUT2D eigenvalue weighted by atomic mass is 35.5. The lowest BCUT2D eigenvalue weighted by Gasteiger charge is -2.15. The lowest BCUT2D eigenvalue weighted by atomic mass is 10.1. The van der Waals surface area contributed by atoms with E-state index >= 15 is 0 Å². The average Bonchev–Trinajstić information content (AvgIpc) is 3.41. The number of amides is 1. The third-order valence-corrected chi connectivity index (χ3v) is 6.06. The zero-order chi connectivity index (χ0) is 21.9. The number of rotatable bonds is 7. The number of likely N-dealkylation sites (tertiary alicyclic amines) is 1. The summed E-state index contributed by atoms with van der Waals surface area (Å²) in [5.74, 6) is 1.06. The molecule has 0 saturated carbocycles. The number of nitrogens with one attached hydrogen (secondary N) is 1. The molecule has 2 aromatic carbocycles. The first-order valence-electron chi connectivity index (χ1n) is 10.9. The van der Waals surface area contributed by atoms with Crippen LogP contribution in [-0.4, -0.2) is 45.0 Å². The topological polar surface area (TPSA) is 63.1 Å². The Morgan fingerprint density at radius 2 is 1.94 bits per heavy atom. The van der Waals surface area contributed by atoms with Crippen molar-refractivity contribution >= 4 is 34.4 Å². The molecule has 5 rings (SSSR count). The number of aromatic nitrogens is 3. The summed E-state index contributed by atoms with van der Waals surface area (Å²) in [6, 6.07) is 18.0. The van der Waals surface area contributed by atoms with E-state index < -0.39 is 0 Å². The van der Waals surface area contributed by atoms with Crippen LogP contribution in [0.4, 0.5) is 5.82 Å². The van der Waals surface area contributed by atoms with Gasteiger partial charge >= 0.3 is 0 Å². The SMILES string of the molecule is O=C1CCCN1CCCNc1ncnc2c1c(-c1ccccc1)cn2-c1cccc(Cl)c1. The molecular formula is C25H24ClN5O. The van der Waals surface area contributed by atoms with Gasteiger partial charge in [0.15, 0.2) is 5.65 Å². The molecule has 1 saturated heterocycles. The normalized spacial score (nSPS) is 13.8. The first-order chi connectivity index (χ1) is 15.7. The molecule has 4 aromatic rings. The van der Waals surface area contributed by atoms with Gasteiger partial charge in [-0.3, -0.25) is 4.79 Å². The van der Waals surface area contributed by atoms with Gasteiger partial charge in [-0.1, -0.05) is 48.0 Å². The van der Waals surface area contributed by atoms with Crippen molar-refractivity contribution in [3.63, 3.8) is 0 Å². The molecule has 1 aliphatic rings. The van der Waals surface area contributed by atoms with E-state index in [1.165, 1.54) is 0 Å². The second-order valence-electron chi connectivity index (χ2n) is 7.94. The number of carbonyl (C=O) groups is 1. The molecule has 162 valence electrons. The van der Waals surface area contributed by atoms with Crippen molar-refractivity contribution in [2.45, 2.75) is 19.3 Å². The maximum absolute atomic E-state index is 11.8. The fraction of sp³-hybridized carbons (Fsp3) is 0.240. The summed E-state index contributed by atoms with van der Waals surface area (Å²) in [7, 11) is 0. The van der Waals surface area contributed by atoms with Crippen LogP contribution in [0.2, 0.25) is 5.02 Å². The van der Waals surface area contributed by atoms with Crippen LogP contribution in [0.15, 0.2) is 67.1 Å². The van der Waals surface area contributed by atoms with Gasteiger partial charge in [-0.15, -0.1) is 0 Å². The van der Waals surface area contributed by atoms with E-state index in [0.29, 0.717) is 11.4 Å². The Labute approximate surface area is 191 Å². The second-order valence-corrected chi connectivity index (χ2v) is 8.38. The van der Waals surface area contributed by atoms with Gasteiger partial charge in [0.25, 0.3) is 0 Å². The zero-order valence-corrected chi connectivity index (χ0v) is 18.4. The Balaban J connectivity index is 1.50. The van der Waals surface area contributed by atoms with Crippen LogP contribution in [0, 0.1) is 0 Å².